The van der Waals surface area contributed by atoms with Gasteiger partial charge in [-0.2, -0.15) is 0 Å². The summed E-state index contributed by atoms with van der Waals surface area (Å²) in [5.74, 6) is 1.31. The van der Waals surface area contributed by atoms with Crippen LogP contribution in [0.15, 0.2) is 72.8 Å². The van der Waals surface area contributed by atoms with Crippen molar-refractivity contribution in [1.29, 1.82) is 0 Å². The average Bonchev–Trinajstić information content (AvgIpc) is 3.26. The van der Waals surface area contributed by atoms with E-state index in [1.165, 1.54) is 7.11 Å². The molecule has 0 spiro atoms. The fourth-order valence-corrected chi connectivity index (χ4v) is 3.20. The normalized spacial score (nSPS) is 10.5. The Hall–Kier alpha value is -4.13. The van der Waals surface area contributed by atoms with Crippen molar-refractivity contribution in [3.05, 3.63) is 84.2 Å². The molecule has 0 atom stereocenters. The summed E-state index contributed by atoms with van der Waals surface area (Å²) in [6, 6.07) is 22.7. The number of ether oxygens (including phenoxy) is 2. The van der Waals surface area contributed by atoms with Gasteiger partial charge in [0.15, 0.2) is 5.82 Å². The van der Waals surface area contributed by atoms with Gasteiger partial charge in [-0.1, -0.05) is 42.5 Å². The minimum atomic E-state index is -0.438. The highest BCUT2D eigenvalue weighted by molar-refractivity contribution is 6.02. The monoisotopic (exact) mass is 414 g/mol. The summed E-state index contributed by atoms with van der Waals surface area (Å²) >= 11 is 0. The Morgan fingerprint density at radius 3 is 2.45 bits per heavy atom. The summed E-state index contributed by atoms with van der Waals surface area (Å²) in [6.45, 7) is 2.01. The summed E-state index contributed by atoms with van der Waals surface area (Å²) < 4.78 is 12.3. The van der Waals surface area contributed by atoms with Crippen LogP contribution in [0, 0.1) is 6.92 Å². The maximum Gasteiger partial charge on any atom is 0.295 e. The van der Waals surface area contributed by atoms with Crippen LogP contribution in [0.4, 0.5) is 5.69 Å². The first-order valence-electron chi connectivity index (χ1n) is 9.72. The van der Waals surface area contributed by atoms with Crippen molar-refractivity contribution >= 4 is 11.6 Å². The molecule has 31 heavy (non-hydrogen) atoms. The highest BCUT2D eigenvalue weighted by Crippen LogP contribution is 2.29. The Balaban J connectivity index is 1.73. The van der Waals surface area contributed by atoms with E-state index >= 15 is 0 Å². The maximum absolute atomic E-state index is 13.0. The van der Waals surface area contributed by atoms with Gasteiger partial charge in [0, 0.05) is 11.6 Å². The second-order valence-electron chi connectivity index (χ2n) is 6.90. The van der Waals surface area contributed by atoms with Gasteiger partial charge in [-0.05, 0) is 36.8 Å². The molecule has 0 fully saturated rings. The summed E-state index contributed by atoms with van der Waals surface area (Å²) in [4.78, 5) is 17.5. The molecule has 4 rings (SSSR count). The summed E-state index contributed by atoms with van der Waals surface area (Å²) in [5, 5.41) is 7.34. The minimum Gasteiger partial charge on any atom is -0.497 e. The topological polar surface area (TPSA) is 78.3 Å². The molecule has 7 nitrogen and oxygen atoms in total. The first-order chi connectivity index (χ1) is 15.1. The second kappa shape index (κ2) is 8.71. The summed E-state index contributed by atoms with van der Waals surface area (Å²) in [5.41, 5.74) is 3.27. The second-order valence-corrected chi connectivity index (χ2v) is 6.90. The molecular formula is C24H22N4O3. The molecule has 156 valence electrons. The van der Waals surface area contributed by atoms with Gasteiger partial charge >= 0.3 is 0 Å². The van der Waals surface area contributed by atoms with Gasteiger partial charge in [0.05, 0.1) is 25.6 Å². The van der Waals surface area contributed by atoms with Crippen molar-refractivity contribution in [3.8, 4) is 28.6 Å². The van der Waals surface area contributed by atoms with E-state index in [0.717, 1.165) is 16.8 Å². The maximum atomic E-state index is 13.0. The third kappa shape index (κ3) is 4.25. The van der Waals surface area contributed by atoms with E-state index in [4.69, 9.17) is 9.47 Å². The number of aromatic nitrogens is 3. The van der Waals surface area contributed by atoms with Gasteiger partial charge in [0.1, 0.15) is 11.5 Å². The molecule has 1 heterocycles. The fraction of sp³-hybridized carbons (Fsp3) is 0.125. The molecule has 4 aromatic rings. The van der Waals surface area contributed by atoms with Crippen molar-refractivity contribution in [3.63, 3.8) is 0 Å². The third-order valence-corrected chi connectivity index (χ3v) is 4.75. The van der Waals surface area contributed by atoms with Crippen LogP contribution < -0.4 is 14.8 Å². The number of methoxy groups -OCH3 is 2. The van der Waals surface area contributed by atoms with E-state index in [0.29, 0.717) is 23.0 Å². The van der Waals surface area contributed by atoms with Crippen LogP contribution in [0.1, 0.15) is 16.2 Å². The van der Waals surface area contributed by atoms with Crippen LogP contribution in [0.5, 0.6) is 11.5 Å². The van der Waals surface area contributed by atoms with E-state index in [9.17, 15) is 4.79 Å². The van der Waals surface area contributed by atoms with Gasteiger partial charge < -0.3 is 14.8 Å². The Kier molecular flexibility index (Phi) is 5.66. The van der Waals surface area contributed by atoms with E-state index in [1.807, 2.05) is 61.5 Å². The zero-order valence-corrected chi connectivity index (χ0v) is 17.5. The number of nitrogens with zero attached hydrogens (tertiary/aromatic N) is 3. The molecule has 0 aliphatic rings. The molecule has 0 aliphatic carbocycles. The lowest BCUT2D eigenvalue weighted by molar-refractivity contribution is 0.101. The molecule has 0 saturated heterocycles. The van der Waals surface area contributed by atoms with Crippen molar-refractivity contribution < 1.29 is 14.3 Å². The Morgan fingerprint density at radius 2 is 1.74 bits per heavy atom. The van der Waals surface area contributed by atoms with Crippen molar-refractivity contribution in [2.24, 2.45) is 0 Å². The zero-order chi connectivity index (χ0) is 21.8. The van der Waals surface area contributed by atoms with Crippen molar-refractivity contribution in [2.45, 2.75) is 6.92 Å². The Labute approximate surface area is 180 Å². The minimum absolute atomic E-state index is 0.0539. The highest BCUT2D eigenvalue weighted by atomic mass is 16.5. The predicted molar refractivity (Wildman–Crippen MR) is 119 cm³/mol. The van der Waals surface area contributed by atoms with E-state index in [-0.39, 0.29) is 5.82 Å². The lowest BCUT2D eigenvalue weighted by Crippen LogP contribution is -2.15. The largest absolute Gasteiger partial charge is 0.497 e. The number of amides is 1. The summed E-state index contributed by atoms with van der Waals surface area (Å²) in [6.07, 6.45) is 0. The number of hydrogen-bond donors (Lipinski definition) is 1. The van der Waals surface area contributed by atoms with E-state index < -0.39 is 5.91 Å². The molecular weight excluding hydrogens is 392 g/mol. The smallest absolute Gasteiger partial charge is 0.295 e. The molecule has 0 aliphatic heterocycles. The number of benzene rings is 3. The SMILES string of the molecule is COc1ccc(NC(=O)c2nc(-c3ccccc3)n(-c3cccc(C)c3)n2)c(OC)c1. The molecule has 0 radical (unpaired) electrons. The number of nitrogens with one attached hydrogen (secondary N) is 1. The number of hydrogen-bond acceptors (Lipinski definition) is 5. The Bertz CT molecular complexity index is 1220. The van der Waals surface area contributed by atoms with Gasteiger partial charge in [0.25, 0.3) is 5.91 Å². The van der Waals surface area contributed by atoms with Crippen LogP contribution in [0.2, 0.25) is 0 Å². The van der Waals surface area contributed by atoms with E-state index in [1.54, 1.807) is 30.0 Å². The molecule has 0 saturated carbocycles. The quantitative estimate of drug-likeness (QED) is 0.502. The van der Waals surface area contributed by atoms with Crippen molar-refractivity contribution in [2.75, 3.05) is 19.5 Å². The number of carbonyl (C=O) groups excluding carboxylic acids is 1. The standard InChI is InChI=1S/C24H22N4O3/c1-16-8-7-11-18(14-16)28-23(17-9-5-4-6-10-17)26-22(27-28)24(29)25-20-13-12-19(30-2)15-21(20)31-3/h4-15H,1-3H3,(H,25,29). The van der Waals surface area contributed by atoms with E-state index in [2.05, 4.69) is 15.4 Å². The van der Waals surface area contributed by atoms with Crippen LogP contribution in [-0.2, 0) is 0 Å². The first kappa shape index (κ1) is 20.2. The van der Waals surface area contributed by atoms with Crippen LogP contribution in [0.25, 0.3) is 17.1 Å². The lowest BCUT2D eigenvalue weighted by atomic mass is 10.2. The number of rotatable bonds is 6. The summed E-state index contributed by atoms with van der Waals surface area (Å²) in [7, 11) is 3.10. The molecule has 1 amide bonds. The molecule has 1 N–H and O–H groups in total. The van der Waals surface area contributed by atoms with Crippen LogP contribution in [-0.4, -0.2) is 34.9 Å². The number of aryl methyl sites for hydroxylation is 1. The van der Waals surface area contributed by atoms with Gasteiger partial charge in [-0.15, -0.1) is 5.10 Å². The number of carbonyl (C=O) groups is 1. The first-order valence-corrected chi connectivity index (χ1v) is 9.72. The van der Waals surface area contributed by atoms with Gasteiger partial charge in [-0.25, -0.2) is 9.67 Å². The molecule has 3 aromatic carbocycles. The zero-order valence-electron chi connectivity index (χ0n) is 17.5. The van der Waals surface area contributed by atoms with Gasteiger partial charge in [0.2, 0.25) is 5.82 Å². The highest BCUT2D eigenvalue weighted by Gasteiger charge is 2.20. The average molecular weight is 414 g/mol. The van der Waals surface area contributed by atoms with Gasteiger partial charge in [-0.3, -0.25) is 4.79 Å². The third-order valence-electron chi connectivity index (χ3n) is 4.75. The molecule has 0 unspecified atom stereocenters. The molecule has 7 heteroatoms. The van der Waals surface area contributed by atoms with Crippen LogP contribution >= 0.6 is 0 Å². The number of anilines is 1. The van der Waals surface area contributed by atoms with Crippen LogP contribution in [0.3, 0.4) is 0 Å². The Morgan fingerprint density at radius 1 is 0.935 bits per heavy atom. The van der Waals surface area contributed by atoms with Crippen molar-refractivity contribution in [1.82, 2.24) is 14.8 Å². The lowest BCUT2D eigenvalue weighted by Gasteiger charge is -2.10. The fourth-order valence-electron chi connectivity index (χ4n) is 3.20. The molecule has 1 aromatic heterocycles. The predicted octanol–water partition coefficient (Wildman–Crippen LogP) is 4.51. The molecule has 0 bridgehead atoms.